The van der Waals surface area contributed by atoms with Crippen molar-refractivity contribution >= 4 is 5.91 Å². The first-order valence-corrected chi connectivity index (χ1v) is 9.09. The summed E-state index contributed by atoms with van der Waals surface area (Å²) < 4.78 is 0. The van der Waals surface area contributed by atoms with Gasteiger partial charge >= 0.3 is 0 Å². The maximum Gasteiger partial charge on any atom is 0.230 e. The minimum atomic E-state index is -0.283. The third kappa shape index (κ3) is 4.29. The van der Waals surface area contributed by atoms with Gasteiger partial charge in [0.05, 0.1) is 5.41 Å². The molecule has 0 aromatic heterocycles. The van der Waals surface area contributed by atoms with E-state index in [1.54, 1.807) is 0 Å². The Morgan fingerprint density at radius 1 is 1.08 bits per heavy atom. The topological polar surface area (TPSA) is 32.3 Å². The third-order valence-corrected chi connectivity index (χ3v) is 5.03. The molecule has 3 rings (SSSR count). The number of aryl methyl sites for hydroxylation is 2. The van der Waals surface area contributed by atoms with Crippen molar-refractivity contribution in [3.05, 3.63) is 70.8 Å². The maximum absolute atomic E-state index is 12.8. The Kier molecular flexibility index (Phi) is 5.24. The highest BCUT2D eigenvalue weighted by Crippen LogP contribution is 2.48. The molecule has 1 amide bonds. The van der Waals surface area contributed by atoms with E-state index in [-0.39, 0.29) is 11.3 Å². The molecular weight excluding hydrogens is 308 g/mol. The van der Waals surface area contributed by atoms with Crippen LogP contribution in [0.4, 0.5) is 0 Å². The molecule has 1 aliphatic carbocycles. The van der Waals surface area contributed by atoms with Crippen molar-refractivity contribution in [3.8, 4) is 0 Å². The van der Waals surface area contributed by atoms with Crippen LogP contribution in [0.2, 0.25) is 0 Å². The van der Waals surface area contributed by atoms with E-state index in [0.717, 1.165) is 25.9 Å². The molecule has 0 spiro atoms. The molecule has 1 N–H and O–H groups in total. The molecule has 132 valence electrons. The second kappa shape index (κ2) is 7.40. The molecule has 0 atom stereocenters. The normalized spacial score (nSPS) is 15.2. The van der Waals surface area contributed by atoms with E-state index >= 15 is 0 Å². The van der Waals surface area contributed by atoms with Crippen LogP contribution in [0.5, 0.6) is 0 Å². The van der Waals surface area contributed by atoms with E-state index in [0.29, 0.717) is 6.54 Å². The van der Waals surface area contributed by atoms with E-state index in [2.05, 4.69) is 73.6 Å². The molecule has 0 saturated heterocycles. The smallest absolute Gasteiger partial charge is 0.230 e. The summed E-state index contributed by atoms with van der Waals surface area (Å²) in [7, 11) is 2.09. The summed E-state index contributed by atoms with van der Waals surface area (Å²) in [6, 6.07) is 16.9. The first-order chi connectivity index (χ1) is 12.0. The van der Waals surface area contributed by atoms with Crippen molar-refractivity contribution in [2.45, 2.75) is 38.6 Å². The fraction of sp³-hybridized carbons (Fsp3) is 0.409. The van der Waals surface area contributed by atoms with Crippen LogP contribution in [0.1, 0.15) is 35.1 Å². The summed E-state index contributed by atoms with van der Waals surface area (Å²) in [6.07, 6.45) is 1.92. The maximum atomic E-state index is 12.8. The van der Waals surface area contributed by atoms with Crippen LogP contribution in [0.15, 0.2) is 48.5 Å². The highest BCUT2D eigenvalue weighted by molar-refractivity contribution is 5.91. The van der Waals surface area contributed by atoms with Crippen molar-refractivity contribution < 1.29 is 4.79 Å². The third-order valence-electron chi connectivity index (χ3n) is 5.03. The van der Waals surface area contributed by atoms with Crippen LogP contribution in [0.3, 0.4) is 0 Å². The lowest BCUT2D eigenvalue weighted by molar-refractivity contribution is -0.123. The van der Waals surface area contributed by atoms with Gasteiger partial charge in [0.2, 0.25) is 5.91 Å². The minimum Gasteiger partial charge on any atom is -0.354 e. The number of amides is 1. The molecule has 0 aliphatic heterocycles. The lowest BCUT2D eigenvalue weighted by atomic mass is 9.92. The Hall–Kier alpha value is -2.13. The average molecular weight is 336 g/mol. The second-order valence-electron chi connectivity index (χ2n) is 7.44. The van der Waals surface area contributed by atoms with Crippen LogP contribution in [0.25, 0.3) is 0 Å². The quantitative estimate of drug-likeness (QED) is 0.838. The van der Waals surface area contributed by atoms with Crippen molar-refractivity contribution in [2.75, 3.05) is 20.1 Å². The van der Waals surface area contributed by atoms with E-state index in [9.17, 15) is 4.79 Å². The second-order valence-corrected chi connectivity index (χ2v) is 7.44. The Labute approximate surface area is 151 Å². The predicted octanol–water partition coefficient (Wildman–Crippen LogP) is 3.58. The van der Waals surface area contributed by atoms with Gasteiger partial charge in [-0.3, -0.25) is 4.79 Å². The Balaban J connectivity index is 1.52. The monoisotopic (exact) mass is 336 g/mol. The molecule has 1 fully saturated rings. The standard InChI is InChI=1S/C22H28N2O/c1-17-13-18(2)15-20(14-17)22(9-10-22)21(25)23-11-12-24(3)16-19-7-5-4-6-8-19/h4-8,13-15H,9-12,16H2,1-3H3,(H,23,25). The minimum absolute atomic E-state index is 0.186. The lowest BCUT2D eigenvalue weighted by Crippen LogP contribution is -2.39. The van der Waals surface area contributed by atoms with Gasteiger partial charge in [0.1, 0.15) is 0 Å². The molecule has 3 nitrogen and oxygen atoms in total. The zero-order valence-electron chi connectivity index (χ0n) is 15.5. The zero-order chi connectivity index (χ0) is 17.9. The molecule has 2 aromatic rings. The number of likely N-dealkylation sites (N-methyl/N-ethyl adjacent to an activating group) is 1. The van der Waals surface area contributed by atoms with E-state index in [1.165, 1.54) is 22.3 Å². The van der Waals surface area contributed by atoms with Crippen molar-refractivity contribution in [3.63, 3.8) is 0 Å². The molecule has 0 bridgehead atoms. The number of rotatable bonds is 7. The number of benzene rings is 2. The number of nitrogens with zero attached hydrogens (tertiary/aromatic N) is 1. The van der Waals surface area contributed by atoms with Gasteiger partial charge in [0.25, 0.3) is 0 Å². The molecule has 2 aromatic carbocycles. The molecule has 0 heterocycles. The Bertz CT molecular complexity index is 715. The Morgan fingerprint density at radius 3 is 2.32 bits per heavy atom. The zero-order valence-corrected chi connectivity index (χ0v) is 15.5. The van der Waals surface area contributed by atoms with Gasteiger partial charge in [0.15, 0.2) is 0 Å². The number of hydrogen-bond donors (Lipinski definition) is 1. The van der Waals surface area contributed by atoms with E-state index in [4.69, 9.17) is 0 Å². The average Bonchev–Trinajstić information content (AvgIpc) is 3.36. The van der Waals surface area contributed by atoms with Crippen molar-refractivity contribution in [2.24, 2.45) is 0 Å². The van der Waals surface area contributed by atoms with E-state index in [1.807, 2.05) is 6.07 Å². The first-order valence-electron chi connectivity index (χ1n) is 9.09. The van der Waals surface area contributed by atoms with Crippen LogP contribution in [0, 0.1) is 13.8 Å². The SMILES string of the molecule is Cc1cc(C)cc(C2(C(=O)NCCN(C)Cc3ccccc3)CC2)c1. The van der Waals surface area contributed by atoms with Crippen LogP contribution in [-0.4, -0.2) is 30.9 Å². The molecule has 1 saturated carbocycles. The van der Waals surface area contributed by atoms with Crippen LogP contribution in [-0.2, 0) is 16.8 Å². The molecule has 0 radical (unpaired) electrons. The molecular formula is C22H28N2O. The largest absolute Gasteiger partial charge is 0.354 e. The molecule has 1 aliphatic rings. The summed E-state index contributed by atoms with van der Waals surface area (Å²) >= 11 is 0. The van der Waals surface area contributed by atoms with Gasteiger partial charge in [-0.15, -0.1) is 0 Å². The summed E-state index contributed by atoms with van der Waals surface area (Å²) in [5, 5.41) is 3.16. The summed E-state index contributed by atoms with van der Waals surface area (Å²) in [6.45, 7) is 6.64. The fourth-order valence-electron chi connectivity index (χ4n) is 3.53. The molecule has 25 heavy (non-hydrogen) atoms. The van der Waals surface area contributed by atoms with Gasteiger partial charge in [-0.05, 0) is 44.9 Å². The van der Waals surface area contributed by atoms with Crippen molar-refractivity contribution in [1.82, 2.24) is 10.2 Å². The molecule has 3 heteroatoms. The fourth-order valence-corrected chi connectivity index (χ4v) is 3.53. The van der Waals surface area contributed by atoms with Gasteiger partial charge in [0, 0.05) is 19.6 Å². The Morgan fingerprint density at radius 2 is 1.72 bits per heavy atom. The first kappa shape index (κ1) is 17.7. The summed E-state index contributed by atoms with van der Waals surface area (Å²) in [4.78, 5) is 15.0. The summed E-state index contributed by atoms with van der Waals surface area (Å²) in [5.74, 6) is 0.186. The molecule has 0 unspecified atom stereocenters. The van der Waals surface area contributed by atoms with Gasteiger partial charge in [-0.2, -0.15) is 0 Å². The number of carbonyl (C=O) groups excluding carboxylic acids is 1. The van der Waals surface area contributed by atoms with Crippen LogP contribution >= 0.6 is 0 Å². The van der Waals surface area contributed by atoms with Crippen molar-refractivity contribution in [1.29, 1.82) is 0 Å². The highest BCUT2D eigenvalue weighted by atomic mass is 16.2. The van der Waals surface area contributed by atoms with E-state index < -0.39 is 0 Å². The van der Waals surface area contributed by atoms with Gasteiger partial charge < -0.3 is 10.2 Å². The van der Waals surface area contributed by atoms with Crippen LogP contribution < -0.4 is 5.32 Å². The lowest BCUT2D eigenvalue weighted by Gasteiger charge is -2.20. The van der Waals surface area contributed by atoms with Gasteiger partial charge in [-0.1, -0.05) is 59.7 Å². The highest BCUT2D eigenvalue weighted by Gasteiger charge is 2.51. The number of carbonyl (C=O) groups is 1. The van der Waals surface area contributed by atoms with Gasteiger partial charge in [-0.25, -0.2) is 0 Å². The number of nitrogens with one attached hydrogen (secondary N) is 1. The number of hydrogen-bond acceptors (Lipinski definition) is 2. The predicted molar refractivity (Wildman–Crippen MR) is 103 cm³/mol. The summed E-state index contributed by atoms with van der Waals surface area (Å²) in [5.41, 5.74) is 4.66.